The SMILES string of the molecule is CC1(C(O)c2cccc3ccccc23)CCCO1. The van der Waals surface area contributed by atoms with Crippen LogP contribution in [0.25, 0.3) is 10.8 Å². The van der Waals surface area contributed by atoms with Crippen LogP contribution in [-0.4, -0.2) is 17.3 Å². The predicted octanol–water partition coefficient (Wildman–Crippen LogP) is 3.44. The van der Waals surface area contributed by atoms with Gasteiger partial charge in [-0.2, -0.15) is 0 Å². The van der Waals surface area contributed by atoms with Crippen LogP contribution < -0.4 is 0 Å². The summed E-state index contributed by atoms with van der Waals surface area (Å²) in [4.78, 5) is 0. The summed E-state index contributed by atoms with van der Waals surface area (Å²) in [7, 11) is 0. The monoisotopic (exact) mass is 242 g/mol. The minimum atomic E-state index is -0.564. The fourth-order valence-electron chi connectivity index (χ4n) is 2.83. The molecule has 1 aliphatic heterocycles. The summed E-state index contributed by atoms with van der Waals surface area (Å²) in [6.45, 7) is 2.75. The molecule has 0 saturated carbocycles. The highest BCUT2D eigenvalue weighted by molar-refractivity contribution is 5.86. The lowest BCUT2D eigenvalue weighted by Crippen LogP contribution is -2.32. The van der Waals surface area contributed by atoms with Crippen LogP contribution in [0.2, 0.25) is 0 Å². The molecule has 2 aromatic carbocycles. The summed E-state index contributed by atoms with van der Waals surface area (Å²) in [5.41, 5.74) is 0.530. The van der Waals surface area contributed by atoms with Gasteiger partial charge in [-0.3, -0.25) is 0 Å². The zero-order valence-corrected chi connectivity index (χ0v) is 10.6. The number of benzene rings is 2. The Hall–Kier alpha value is -1.38. The Morgan fingerprint density at radius 3 is 2.72 bits per heavy atom. The molecule has 1 saturated heterocycles. The highest BCUT2D eigenvalue weighted by atomic mass is 16.5. The Morgan fingerprint density at radius 1 is 1.17 bits per heavy atom. The van der Waals surface area contributed by atoms with Crippen molar-refractivity contribution in [1.29, 1.82) is 0 Å². The van der Waals surface area contributed by atoms with E-state index in [0.717, 1.165) is 35.8 Å². The maximum Gasteiger partial charge on any atom is 0.108 e. The number of aliphatic hydroxyl groups is 1. The Balaban J connectivity index is 2.08. The third kappa shape index (κ3) is 1.82. The largest absolute Gasteiger partial charge is 0.385 e. The summed E-state index contributed by atoms with van der Waals surface area (Å²) in [5.74, 6) is 0. The van der Waals surface area contributed by atoms with Gasteiger partial charge < -0.3 is 9.84 Å². The molecule has 94 valence electrons. The van der Waals surface area contributed by atoms with Crippen molar-refractivity contribution >= 4 is 10.8 Å². The van der Waals surface area contributed by atoms with Gasteiger partial charge in [0.15, 0.2) is 0 Å². The molecule has 2 atom stereocenters. The second-order valence-electron chi connectivity index (χ2n) is 5.24. The summed E-state index contributed by atoms with van der Waals surface area (Å²) in [6.07, 6.45) is 1.38. The van der Waals surface area contributed by atoms with Crippen LogP contribution >= 0.6 is 0 Å². The minimum Gasteiger partial charge on any atom is -0.385 e. The first-order valence-electron chi connectivity index (χ1n) is 6.50. The third-order valence-corrected chi connectivity index (χ3v) is 3.95. The molecule has 1 fully saturated rings. The van der Waals surface area contributed by atoms with E-state index in [1.165, 1.54) is 0 Å². The van der Waals surface area contributed by atoms with Crippen molar-refractivity contribution < 1.29 is 9.84 Å². The number of ether oxygens (including phenoxy) is 1. The lowest BCUT2D eigenvalue weighted by atomic mass is 9.88. The molecule has 18 heavy (non-hydrogen) atoms. The zero-order valence-electron chi connectivity index (χ0n) is 10.6. The predicted molar refractivity (Wildman–Crippen MR) is 72.5 cm³/mol. The molecule has 0 amide bonds. The van der Waals surface area contributed by atoms with E-state index in [4.69, 9.17) is 4.74 Å². The number of aliphatic hydroxyl groups excluding tert-OH is 1. The van der Waals surface area contributed by atoms with E-state index in [1.807, 2.05) is 31.2 Å². The minimum absolute atomic E-state index is 0.440. The highest BCUT2D eigenvalue weighted by Gasteiger charge is 2.38. The standard InChI is InChI=1S/C16H18O2/c1-16(10-5-11-18-16)15(17)14-9-4-7-12-6-2-3-8-13(12)14/h2-4,6-9,15,17H,5,10-11H2,1H3. The van der Waals surface area contributed by atoms with E-state index < -0.39 is 11.7 Å². The quantitative estimate of drug-likeness (QED) is 0.874. The molecule has 0 spiro atoms. The van der Waals surface area contributed by atoms with E-state index in [1.54, 1.807) is 0 Å². The van der Waals surface area contributed by atoms with Crippen molar-refractivity contribution in [2.45, 2.75) is 31.5 Å². The number of hydrogen-bond donors (Lipinski definition) is 1. The summed E-state index contributed by atoms with van der Waals surface area (Å²) in [6, 6.07) is 14.2. The van der Waals surface area contributed by atoms with Gasteiger partial charge in [-0.1, -0.05) is 42.5 Å². The topological polar surface area (TPSA) is 29.5 Å². The fraction of sp³-hybridized carbons (Fsp3) is 0.375. The fourth-order valence-corrected chi connectivity index (χ4v) is 2.83. The van der Waals surface area contributed by atoms with Gasteiger partial charge in [-0.15, -0.1) is 0 Å². The van der Waals surface area contributed by atoms with Gasteiger partial charge in [0.05, 0.1) is 5.60 Å². The second-order valence-corrected chi connectivity index (χ2v) is 5.24. The van der Waals surface area contributed by atoms with Crippen molar-refractivity contribution in [2.24, 2.45) is 0 Å². The molecule has 0 aromatic heterocycles. The molecular formula is C16H18O2. The number of rotatable bonds is 2. The van der Waals surface area contributed by atoms with Crippen molar-refractivity contribution in [3.8, 4) is 0 Å². The van der Waals surface area contributed by atoms with Gasteiger partial charge in [-0.05, 0) is 36.1 Å². The summed E-state index contributed by atoms with van der Waals surface area (Å²) in [5, 5.41) is 12.9. The van der Waals surface area contributed by atoms with Crippen LogP contribution in [0.1, 0.15) is 31.4 Å². The molecule has 2 heteroatoms. The Morgan fingerprint density at radius 2 is 1.94 bits per heavy atom. The average Bonchev–Trinajstić information content (AvgIpc) is 2.85. The second kappa shape index (κ2) is 4.38. The van der Waals surface area contributed by atoms with E-state index in [9.17, 15) is 5.11 Å². The molecule has 2 nitrogen and oxygen atoms in total. The van der Waals surface area contributed by atoms with Crippen LogP contribution in [0.15, 0.2) is 42.5 Å². The van der Waals surface area contributed by atoms with Crippen LogP contribution in [0.5, 0.6) is 0 Å². The normalized spacial score (nSPS) is 25.4. The van der Waals surface area contributed by atoms with Gasteiger partial charge in [0.2, 0.25) is 0 Å². The molecule has 1 N–H and O–H groups in total. The first kappa shape index (κ1) is 11.7. The average molecular weight is 242 g/mol. The molecular weight excluding hydrogens is 224 g/mol. The van der Waals surface area contributed by atoms with Gasteiger partial charge in [0.25, 0.3) is 0 Å². The first-order valence-corrected chi connectivity index (χ1v) is 6.50. The maximum atomic E-state index is 10.7. The Kier molecular flexibility index (Phi) is 2.84. The molecule has 0 bridgehead atoms. The molecule has 2 unspecified atom stereocenters. The van der Waals surface area contributed by atoms with E-state index in [-0.39, 0.29) is 0 Å². The molecule has 2 aromatic rings. The Bertz CT molecular complexity index is 551. The summed E-state index contributed by atoms with van der Waals surface area (Å²) >= 11 is 0. The molecule has 0 aliphatic carbocycles. The summed E-state index contributed by atoms with van der Waals surface area (Å²) < 4.78 is 5.76. The van der Waals surface area contributed by atoms with Gasteiger partial charge >= 0.3 is 0 Å². The third-order valence-electron chi connectivity index (χ3n) is 3.95. The number of hydrogen-bond acceptors (Lipinski definition) is 2. The van der Waals surface area contributed by atoms with Gasteiger partial charge in [0.1, 0.15) is 6.10 Å². The molecule has 0 radical (unpaired) electrons. The van der Waals surface area contributed by atoms with Crippen molar-refractivity contribution in [2.75, 3.05) is 6.61 Å². The van der Waals surface area contributed by atoms with E-state index in [0.29, 0.717) is 0 Å². The highest BCUT2D eigenvalue weighted by Crippen LogP contribution is 2.39. The van der Waals surface area contributed by atoms with Crippen LogP contribution in [0.3, 0.4) is 0 Å². The van der Waals surface area contributed by atoms with Gasteiger partial charge in [0, 0.05) is 6.61 Å². The molecule has 3 rings (SSSR count). The smallest absolute Gasteiger partial charge is 0.108 e. The van der Waals surface area contributed by atoms with Crippen molar-refractivity contribution in [1.82, 2.24) is 0 Å². The van der Waals surface area contributed by atoms with Crippen LogP contribution in [-0.2, 0) is 4.74 Å². The lowest BCUT2D eigenvalue weighted by Gasteiger charge is -2.30. The molecule has 1 aliphatic rings. The van der Waals surface area contributed by atoms with Gasteiger partial charge in [-0.25, -0.2) is 0 Å². The van der Waals surface area contributed by atoms with Crippen molar-refractivity contribution in [3.63, 3.8) is 0 Å². The molecule has 1 heterocycles. The van der Waals surface area contributed by atoms with Crippen molar-refractivity contribution in [3.05, 3.63) is 48.0 Å². The van der Waals surface area contributed by atoms with Crippen LogP contribution in [0.4, 0.5) is 0 Å². The van der Waals surface area contributed by atoms with Crippen LogP contribution in [0, 0.1) is 0 Å². The van der Waals surface area contributed by atoms with E-state index >= 15 is 0 Å². The zero-order chi connectivity index (χ0) is 12.6. The first-order chi connectivity index (χ1) is 8.71. The Labute approximate surface area is 107 Å². The lowest BCUT2D eigenvalue weighted by molar-refractivity contribution is -0.0790. The maximum absolute atomic E-state index is 10.7. The van der Waals surface area contributed by atoms with E-state index in [2.05, 4.69) is 18.2 Å². The number of fused-ring (bicyclic) bond motifs is 1.